The van der Waals surface area contributed by atoms with Crippen molar-refractivity contribution in [1.82, 2.24) is 0 Å². The summed E-state index contributed by atoms with van der Waals surface area (Å²) in [6.45, 7) is 8.15. The number of carbonyl (C=O) groups is 1. The van der Waals surface area contributed by atoms with Crippen molar-refractivity contribution in [2.45, 2.75) is 46.6 Å². The van der Waals surface area contributed by atoms with Gasteiger partial charge in [0.2, 0.25) is 5.91 Å². The van der Waals surface area contributed by atoms with Gasteiger partial charge in [-0.3, -0.25) is 4.79 Å². The van der Waals surface area contributed by atoms with Gasteiger partial charge in [0.05, 0.1) is 16.5 Å². The molecule has 0 aliphatic rings. The molecule has 0 fully saturated rings. The molecule has 4 nitrogen and oxygen atoms in total. The van der Waals surface area contributed by atoms with Gasteiger partial charge >= 0.3 is 0 Å². The Morgan fingerprint density at radius 1 is 1.38 bits per heavy atom. The van der Waals surface area contributed by atoms with E-state index in [1.54, 1.807) is 18.2 Å². The second-order valence-corrected chi connectivity index (χ2v) is 5.86. The van der Waals surface area contributed by atoms with E-state index in [9.17, 15) is 4.79 Å². The summed E-state index contributed by atoms with van der Waals surface area (Å²) < 4.78 is 5.57. The van der Waals surface area contributed by atoms with Crippen molar-refractivity contribution >= 4 is 23.2 Å². The normalized spacial score (nSPS) is 11.6. The van der Waals surface area contributed by atoms with Crippen LogP contribution in [0.5, 0.6) is 5.75 Å². The minimum atomic E-state index is -0.528. The number of benzene rings is 1. The van der Waals surface area contributed by atoms with E-state index in [1.807, 2.05) is 27.7 Å². The number of nitrogens with one attached hydrogen (secondary N) is 1. The lowest BCUT2D eigenvalue weighted by molar-refractivity contribution is -0.125. The Morgan fingerprint density at radius 3 is 2.43 bits per heavy atom. The number of halogens is 1. The highest BCUT2D eigenvalue weighted by Gasteiger charge is 2.33. The van der Waals surface area contributed by atoms with Gasteiger partial charge < -0.3 is 15.8 Å². The molecule has 0 spiro atoms. The maximum absolute atomic E-state index is 12.4. The van der Waals surface area contributed by atoms with Crippen LogP contribution in [0.2, 0.25) is 5.02 Å². The molecule has 0 bridgehead atoms. The van der Waals surface area contributed by atoms with Crippen LogP contribution < -0.4 is 15.8 Å². The van der Waals surface area contributed by atoms with E-state index in [0.717, 1.165) is 0 Å². The van der Waals surface area contributed by atoms with Gasteiger partial charge in [0.1, 0.15) is 5.75 Å². The maximum atomic E-state index is 12.4. The number of amides is 1. The van der Waals surface area contributed by atoms with Crippen LogP contribution in [-0.2, 0) is 4.79 Å². The fourth-order valence-corrected chi connectivity index (χ4v) is 2.37. The zero-order valence-corrected chi connectivity index (χ0v) is 14.0. The number of hydrogen-bond donors (Lipinski definition) is 2. The Balaban J connectivity index is 2.89. The molecule has 1 rings (SSSR count). The molecule has 0 aromatic heterocycles. The number of ether oxygens (including phenoxy) is 1. The molecule has 0 aliphatic carbocycles. The fraction of sp³-hybridized carbons (Fsp3) is 0.562. The Labute approximate surface area is 132 Å². The van der Waals surface area contributed by atoms with Gasteiger partial charge in [-0.05, 0) is 44.9 Å². The Kier molecular flexibility index (Phi) is 6.49. The second kappa shape index (κ2) is 7.66. The third-order valence-corrected chi connectivity index (χ3v) is 4.07. The summed E-state index contributed by atoms with van der Waals surface area (Å²) >= 11 is 6.17. The van der Waals surface area contributed by atoms with E-state index in [2.05, 4.69) is 5.32 Å². The molecular formula is C16H25ClN2O2. The third kappa shape index (κ3) is 4.35. The molecule has 21 heavy (non-hydrogen) atoms. The van der Waals surface area contributed by atoms with Crippen LogP contribution in [0.4, 0.5) is 5.69 Å². The summed E-state index contributed by atoms with van der Waals surface area (Å²) in [6.07, 6.45) is 1.45. The van der Waals surface area contributed by atoms with E-state index in [4.69, 9.17) is 22.1 Å². The summed E-state index contributed by atoms with van der Waals surface area (Å²) in [7, 11) is 0. The highest BCUT2D eigenvalue weighted by molar-refractivity contribution is 6.32. The van der Waals surface area contributed by atoms with Crippen molar-refractivity contribution in [3.05, 3.63) is 23.2 Å². The monoisotopic (exact) mass is 312 g/mol. The molecule has 0 aliphatic heterocycles. The Bertz CT molecular complexity index is 477. The fourth-order valence-electron chi connectivity index (χ4n) is 2.14. The number of hydrogen-bond acceptors (Lipinski definition) is 3. The average molecular weight is 313 g/mol. The zero-order valence-electron chi connectivity index (χ0n) is 13.2. The molecule has 0 saturated carbocycles. The molecule has 1 amide bonds. The van der Waals surface area contributed by atoms with Crippen molar-refractivity contribution in [3.8, 4) is 5.75 Å². The van der Waals surface area contributed by atoms with Crippen LogP contribution in [0.15, 0.2) is 18.2 Å². The zero-order chi connectivity index (χ0) is 16.0. The van der Waals surface area contributed by atoms with E-state index in [0.29, 0.717) is 35.8 Å². The van der Waals surface area contributed by atoms with Crippen LogP contribution >= 0.6 is 11.6 Å². The highest BCUT2D eigenvalue weighted by atomic mass is 35.5. The number of anilines is 1. The molecule has 118 valence electrons. The first kappa shape index (κ1) is 17.8. The number of rotatable bonds is 7. The largest absolute Gasteiger partial charge is 0.489 e. The van der Waals surface area contributed by atoms with E-state index in [1.165, 1.54) is 0 Å². The van der Waals surface area contributed by atoms with Crippen LogP contribution in [0.3, 0.4) is 0 Å². The van der Waals surface area contributed by atoms with Crippen molar-refractivity contribution in [2.75, 3.05) is 11.9 Å². The molecular weight excluding hydrogens is 288 g/mol. The average Bonchev–Trinajstić information content (AvgIpc) is 2.44. The summed E-state index contributed by atoms with van der Waals surface area (Å²) in [4.78, 5) is 12.4. The SMILES string of the molecule is CCC(CC)(CN)C(=O)Nc1ccc(OC(C)C)c(Cl)c1. The van der Waals surface area contributed by atoms with Crippen molar-refractivity contribution in [3.63, 3.8) is 0 Å². The number of nitrogens with two attached hydrogens (primary N) is 1. The van der Waals surface area contributed by atoms with Gasteiger partial charge in [-0.1, -0.05) is 25.4 Å². The van der Waals surface area contributed by atoms with E-state index < -0.39 is 5.41 Å². The maximum Gasteiger partial charge on any atom is 0.231 e. The van der Waals surface area contributed by atoms with Gasteiger partial charge in [-0.25, -0.2) is 0 Å². The van der Waals surface area contributed by atoms with Crippen LogP contribution in [-0.4, -0.2) is 18.6 Å². The minimum Gasteiger partial charge on any atom is -0.489 e. The van der Waals surface area contributed by atoms with Crippen LogP contribution in [0.1, 0.15) is 40.5 Å². The Hall–Kier alpha value is -1.26. The topological polar surface area (TPSA) is 64.4 Å². The van der Waals surface area contributed by atoms with Gasteiger partial charge in [-0.2, -0.15) is 0 Å². The lowest BCUT2D eigenvalue weighted by Crippen LogP contribution is -2.41. The highest BCUT2D eigenvalue weighted by Crippen LogP contribution is 2.31. The van der Waals surface area contributed by atoms with Gasteiger partial charge in [0.15, 0.2) is 0 Å². The summed E-state index contributed by atoms with van der Waals surface area (Å²) in [5.41, 5.74) is 5.91. The molecule has 0 atom stereocenters. The lowest BCUT2D eigenvalue weighted by atomic mass is 9.81. The van der Waals surface area contributed by atoms with Gasteiger partial charge in [0.25, 0.3) is 0 Å². The molecule has 0 heterocycles. The minimum absolute atomic E-state index is 0.0491. The van der Waals surface area contributed by atoms with Crippen LogP contribution in [0, 0.1) is 5.41 Å². The lowest BCUT2D eigenvalue weighted by Gasteiger charge is -2.28. The summed E-state index contributed by atoms with van der Waals surface area (Å²) in [6, 6.07) is 5.25. The van der Waals surface area contributed by atoms with Gasteiger partial charge in [0, 0.05) is 12.2 Å². The van der Waals surface area contributed by atoms with Gasteiger partial charge in [-0.15, -0.1) is 0 Å². The van der Waals surface area contributed by atoms with Crippen LogP contribution in [0.25, 0.3) is 0 Å². The first-order valence-corrected chi connectivity index (χ1v) is 7.74. The van der Waals surface area contributed by atoms with E-state index >= 15 is 0 Å². The second-order valence-electron chi connectivity index (χ2n) is 5.46. The first-order valence-electron chi connectivity index (χ1n) is 7.36. The quantitative estimate of drug-likeness (QED) is 0.804. The smallest absolute Gasteiger partial charge is 0.231 e. The predicted molar refractivity (Wildman–Crippen MR) is 87.9 cm³/mol. The molecule has 0 unspecified atom stereocenters. The Morgan fingerprint density at radius 2 is 2.00 bits per heavy atom. The molecule has 3 N–H and O–H groups in total. The standard InChI is InChI=1S/C16H25ClN2O2/c1-5-16(6-2,10-18)15(20)19-12-7-8-14(13(17)9-12)21-11(3)4/h7-9,11H,5-6,10,18H2,1-4H3,(H,19,20). The molecule has 0 saturated heterocycles. The van der Waals surface area contributed by atoms with Crippen molar-refractivity contribution in [2.24, 2.45) is 11.1 Å². The molecule has 1 aromatic carbocycles. The summed E-state index contributed by atoms with van der Waals surface area (Å²) in [5.74, 6) is 0.546. The van der Waals surface area contributed by atoms with Crippen molar-refractivity contribution < 1.29 is 9.53 Å². The van der Waals surface area contributed by atoms with E-state index in [-0.39, 0.29) is 12.0 Å². The summed E-state index contributed by atoms with van der Waals surface area (Å²) in [5, 5.41) is 3.38. The first-order chi connectivity index (χ1) is 9.88. The predicted octanol–water partition coefficient (Wildman–Crippen LogP) is 3.83. The third-order valence-electron chi connectivity index (χ3n) is 3.78. The molecule has 5 heteroatoms. The molecule has 1 aromatic rings. The molecule has 0 radical (unpaired) electrons. The van der Waals surface area contributed by atoms with Crippen molar-refractivity contribution in [1.29, 1.82) is 0 Å². The number of carbonyl (C=O) groups excluding carboxylic acids is 1.